The molecule has 26 heavy (non-hydrogen) atoms. The molecule has 0 spiro atoms. The molecule has 0 amide bonds. The van der Waals surface area contributed by atoms with Gasteiger partial charge in [-0.05, 0) is 25.7 Å². The second-order valence-electron chi connectivity index (χ2n) is 8.05. The molecule has 0 aliphatic heterocycles. The van der Waals surface area contributed by atoms with Crippen LogP contribution in [0.25, 0.3) is 0 Å². The Morgan fingerprint density at radius 2 is 0.885 bits per heavy atom. The summed E-state index contributed by atoms with van der Waals surface area (Å²) in [6.45, 7) is 7.35. The third-order valence-corrected chi connectivity index (χ3v) is 4.73. The van der Waals surface area contributed by atoms with Crippen LogP contribution >= 0.6 is 0 Å². The predicted molar refractivity (Wildman–Crippen MR) is 110 cm³/mol. The van der Waals surface area contributed by atoms with E-state index in [2.05, 4.69) is 27.9 Å². The maximum absolute atomic E-state index is 8.63. The number of unbranched alkanes of at least 4 members (excludes halogenated alkanes) is 12. The zero-order valence-electron chi connectivity index (χ0n) is 17.8. The van der Waals surface area contributed by atoms with Crippen LogP contribution in [0.3, 0.4) is 0 Å². The third-order valence-electron chi connectivity index (χ3n) is 4.73. The summed E-state index contributed by atoms with van der Waals surface area (Å²) in [6, 6.07) is 0. The van der Waals surface area contributed by atoms with Crippen molar-refractivity contribution in [3.8, 4) is 0 Å². The van der Waals surface area contributed by atoms with E-state index < -0.39 is 10.4 Å². The Bertz CT molecular complexity index is 375. The summed E-state index contributed by atoms with van der Waals surface area (Å²) in [4.78, 5) is 0. The van der Waals surface area contributed by atoms with Crippen LogP contribution in [0, 0.1) is 0 Å². The smallest absolute Gasteiger partial charge is 0.215 e. The molecule has 0 heterocycles. The highest BCUT2D eigenvalue weighted by Gasteiger charge is 2.13. The first-order valence-corrected chi connectivity index (χ1v) is 12.0. The fourth-order valence-corrected chi connectivity index (χ4v) is 3.11. The monoisotopic (exact) mass is 395 g/mol. The van der Waals surface area contributed by atoms with Crippen molar-refractivity contribution in [2.24, 2.45) is 0 Å². The predicted octanol–water partition coefficient (Wildman–Crippen LogP) is 5.57. The van der Waals surface area contributed by atoms with E-state index >= 15 is 0 Å². The van der Waals surface area contributed by atoms with Crippen molar-refractivity contribution < 1.29 is 22.0 Å². The lowest BCUT2D eigenvalue weighted by atomic mass is 10.1. The van der Waals surface area contributed by atoms with Gasteiger partial charge in [-0.2, -0.15) is 0 Å². The van der Waals surface area contributed by atoms with Crippen molar-refractivity contribution in [2.75, 3.05) is 27.2 Å². The number of hydrogen-bond donors (Lipinski definition) is 1. The van der Waals surface area contributed by atoms with Crippen molar-refractivity contribution in [3.05, 3.63) is 0 Å². The molecular formula is C20H45NO4S. The van der Waals surface area contributed by atoms with E-state index in [9.17, 15) is 0 Å². The SMILES string of the molecule is CCCCCCCCCCC[N+](C)(C)CCCCCCC.O=S(=O)([O-])O. The van der Waals surface area contributed by atoms with Gasteiger partial charge in [0.05, 0.1) is 27.2 Å². The van der Waals surface area contributed by atoms with E-state index in [1.807, 2.05) is 0 Å². The van der Waals surface area contributed by atoms with Crippen molar-refractivity contribution in [1.82, 2.24) is 0 Å². The molecule has 160 valence electrons. The maximum atomic E-state index is 8.63. The van der Waals surface area contributed by atoms with Crippen LogP contribution in [0.5, 0.6) is 0 Å². The summed E-state index contributed by atoms with van der Waals surface area (Å²) >= 11 is 0. The van der Waals surface area contributed by atoms with Crippen molar-refractivity contribution >= 4 is 10.4 Å². The topological polar surface area (TPSA) is 77.4 Å². The molecule has 0 atom stereocenters. The Balaban J connectivity index is 0. The highest BCUT2D eigenvalue weighted by Crippen LogP contribution is 2.12. The molecule has 0 aromatic carbocycles. The fraction of sp³-hybridized carbons (Fsp3) is 1.00. The first-order chi connectivity index (χ1) is 12.1. The minimum Gasteiger partial charge on any atom is -0.726 e. The number of nitrogens with zero attached hydrogens (tertiary/aromatic N) is 1. The molecule has 6 heteroatoms. The molecule has 0 rings (SSSR count). The minimum absolute atomic E-state index is 1.24. The zero-order chi connectivity index (χ0) is 20.3. The Morgan fingerprint density at radius 3 is 1.15 bits per heavy atom. The number of quaternary nitrogens is 1. The average molecular weight is 396 g/mol. The minimum atomic E-state index is -4.92. The quantitative estimate of drug-likeness (QED) is 0.160. The molecule has 0 unspecified atom stereocenters. The summed E-state index contributed by atoms with van der Waals surface area (Å²) in [6.07, 6.45) is 20.1. The van der Waals surface area contributed by atoms with Gasteiger partial charge in [-0.25, -0.2) is 8.42 Å². The lowest BCUT2D eigenvalue weighted by molar-refractivity contribution is -0.890. The second kappa shape index (κ2) is 18.2. The summed E-state index contributed by atoms with van der Waals surface area (Å²) in [5.74, 6) is 0. The van der Waals surface area contributed by atoms with Gasteiger partial charge in [0.2, 0.25) is 10.4 Å². The molecule has 0 aromatic heterocycles. The van der Waals surface area contributed by atoms with Gasteiger partial charge in [0, 0.05) is 0 Å². The van der Waals surface area contributed by atoms with E-state index in [1.165, 1.54) is 107 Å². The van der Waals surface area contributed by atoms with Crippen LogP contribution in [0.1, 0.15) is 104 Å². The highest BCUT2D eigenvalue weighted by molar-refractivity contribution is 7.79. The van der Waals surface area contributed by atoms with Crippen LogP contribution < -0.4 is 0 Å². The van der Waals surface area contributed by atoms with Crippen molar-refractivity contribution in [2.45, 2.75) is 104 Å². The lowest BCUT2D eigenvalue weighted by Gasteiger charge is -2.30. The lowest BCUT2D eigenvalue weighted by Crippen LogP contribution is -2.41. The van der Waals surface area contributed by atoms with Gasteiger partial charge in [0.1, 0.15) is 0 Å². The Hall–Kier alpha value is -0.170. The van der Waals surface area contributed by atoms with Gasteiger partial charge in [-0.3, -0.25) is 4.55 Å². The molecule has 0 radical (unpaired) electrons. The van der Waals surface area contributed by atoms with Gasteiger partial charge in [-0.15, -0.1) is 0 Å². The van der Waals surface area contributed by atoms with Crippen molar-refractivity contribution in [1.29, 1.82) is 0 Å². The van der Waals surface area contributed by atoms with Gasteiger partial charge < -0.3 is 9.04 Å². The average Bonchev–Trinajstić information content (AvgIpc) is 2.51. The molecule has 0 saturated carbocycles. The van der Waals surface area contributed by atoms with Crippen LogP contribution in [-0.2, 0) is 10.4 Å². The first kappa shape index (κ1) is 28.0. The van der Waals surface area contributed by atoms with Gasteiger partial charge in [0.25, 0.3) is 0 Å². The number of rotatable bonds is 16. The molecule has 0 bridgehead atoms. The zero-order valence-corrected chi connectivity index (χ0v) is 18.7. The van der Waals surface area contributed by atoms with Gasteiger partial charge in [-0.1, -0.05) is 78.1 Å². The Labute approximate surface area is 163 Å². The molecule has 5 nitrogen and oxygen atoms in total. The molecule has 1 N–H and O–H groups in total. The highest BCUT2D eigenvalue weighted by atomic mass is 32.3. The van der Waals surface area contributed by atoms with Crippen LogP contribution in [0.15, 0.2) is 0 Å². The summed E-state index contributed by atoms with van der Waals surface area (Å²) in [7, 11) is -0.0743. The summed E-state index contributed by atoms with van der Waals surface area (Å²) in [5, 5.41) is 0. The van der Waals surface area contributed by atoms with E-state index in [4.69, 9.17) is 17.5 Å². The van der Waals surface area contributed by atoms with Crippen LogP contribution in [0.4, 0.5) is 0 Å². The normalized spacial score (nSPS) is 11.9. The van der Waals surface area contributed by atoms with Crippen LogP contribution in [-0.4, -0.2) is 49.2 Å². The summed E-state index contributed by atoms with van der Waals surface area (Å²) in [5.41, 5.74) is 0. The Morgan fingerprint density at radius 1 is 0.654 bits per heavy atom. The van der Waals surface area contributed by atoms with E-state index in [-0.39, 0.29) is 0 Å². The van der Waals surface area contributed by atoms with Crippen molar-refractivity contribution in [3.63, 3.8) is 0 Å². The molecule has 0 saturated heterocycles. The van der Waals surface area contributed by atoms with E-state index in [1.54, 1.807) is 0 Å². The molecule has 0 aliphatic rings. The van der Waals surface area contributed by atoms with E-state index in [0.29, 0.717) is 0 Å². The van der Waals surface area contributed by atoms with Gasteiger partial charge >= 0.3 is 0 Å². The molecule has 0 aliphatic carbocycles. The maximum Gasteiger partial charge on any atom is 0.215 e. The Kier molecular flexibility index (Phi) is 19.6. The van der Waals surface area contributed by atoms with Crippen LogP contribution in [0.2, 0.25) is 0 Å². The third kappa shape index (κ3) is 31.6. The summed E-state index contributed by atoms with van der Waals surface area (Å²) < 4.78 is 34.1. The van der Waals surface area contributed by atoms with E-state index in [0.717, 1.165) is 0 Å². The number of hydrogen-bond acceptors (Lipinski definition) is 3. The van der Waals surface area contributed by atoms with Gasteiger partial charge in [0.15, 0.2) is 0 Å². The standard InChI is InChI=1S/C20H44N.H2O4S/c1-5-7-9-11-12-13-14-16-18-20-21(3,4)19-17-15-10-8-6-2;1-5(2,3)4/h5-20H2,1-4H3;(H2,1,2,3,4)/q+1;/p-1. The molecule has 0 fully saturated rings. The second-order valence-corrected chi connectivity index (χ2v) is 8.91. The molecule has 0 aromatic rings. The fourth-order valence-electron chi connectivity index (χ4n) is 3.11. The largest absolute Gasteiger partial charge is 0.726 e. The molecular weight excluding hydrogens is 350 g/mol. The first-order valence-electron chi connectivity index (χ1n) is 10.6.